The molecule has 0 aromatic carbocycles. The van der Waals surface area contributed by atoms with Crippen LogP contribution in [0.5, 0.6) is 0 Å². The first-order valence-corrected chi connectivity index (χ1v) is 7.28. The van der Waals surface area contributed by atoms with Crippen LogP contribution in [0.3, 0.4) is 0 Å². The van der Waals surface area contributed by atoms with Crippen molar-refractivity contribution < 1.29 is 9.90 Å². The van der Waals surface area contributed by atoms with Gasteiger partial charge in [-0.25, -0.2) is 9.67 Å². The third-order valence-electron chi connectivity index (χ3n) is 4.12. The average molecular weight is 305 g/mol. The number of amides is 1. The van der Waals surface area contributed by atoms with Gasteiger partial charge in [0.2, 0.25) is 5.91 Å². The molecule has 0 aliphatic carbocycles. The first-order chi connectivity index (χ1) is 10.7. The molecule has 3 heterocycles. The topological polar surface area (TPSA) is 102 Å². The highest BCUT2D eigenvalue weighted by Gasteiger charge is 2.27. The number of aliphatic hydroxyl groups is 1. The molecule has 0 saturated carbocycles. The lowest BCUT2D eigenvalue weighted by Crippen LogP contribution is -2.39. The Morgan fingerprint density at radius 3 is 2.77 bits per heavy atom. The molecule has 22 heavy (non-hydrogen) atoms. The smallest absolute Gasteiger partial charge is 0.248 e. The molecule has 0 unspecified atom stereocenters. The van der Waals surface area contributed by atoms with Gasteiger partial charge >= 0.3 is 0 Å². The zero-order valence-corrected chi connectivity index (χ0v) is 12.5. The van der Waals surface area contributed by atoms with Crippen molar-refractivity contribution in [2.45, 2.75) is 25.3 Å². The Kier molecular flexibility index (Phi) is 4.14. The molecule has 1 N–H and O–H groups in total. The van der Waals surface area contributed by atoms with Gasteiger partial charge in [0.25, 0.3) is 0 Å². The minimum atomic E-state index is -0.420. The summed E-state index contributed by atoms with van der Waals surface area (Å²) in [4.78, 5) is 17.1. The van der Waals surface area contributed by atoms with Crippen LogP contribution in [0.2, 0.25) is 0 Å². The lowest BCUT2D eigenvalue weighted by Gasteiger charge is -2.31. The third-order valence-corrected chi connectivity index (χ3v) is 4.12. The van der Waals surface area contributed by atoms with Crippen molar-refractivity contribution in [1.82, 2.24) is 34.4 Å². The van der Waals surface area contributed by atoms with Gasteiger partial charge in [0.1, 0.15) is 31.6 Å². The van der Waals surface area contributed by atoms with Crippen LogP contribution in [0.15, 0.2) is 12.7 Å². The number of carbonyl (C=O) groups is 1. The Morgan fingerprint density at radius 1 is 1.36 bits per heavy atom. The molecule has 2 aromatic heterocycles. The van der Waals surface area contributed by atoms with E-state index in [0.717, 1.165) is 24.5 Å². The normalized spacial score (nSPS) is 16.2. The number of nitrogens with zero attached hydrogens (tertiary/aromatic N) is 7. The summed E-state index contributed by atoms with van der Waals surface area (Å²) in [5.41, 5.74) is 0. The molecule has 1 fully saturated rings. The average Bonchev–Trinajstić information content (AvgIpc) is 3.18. The third kappa shape index (κ3) is 2.84. The van der Waals surface area contributed by atoms with E-state index in [2.05, 4.69) is 20.3 Å². The van der Waals surface area contributed by atoms with E-state index < -0.39 is 6.61 Å². The monoisotopic (exact) mass is 305 g/mol. The fourth-order valence-corrected chi connectivity index (χ4v) is 2.81. The maximum atomic E-state index is 11.5. The van der Waals surface area contributed by atoms with E-state index >= 15 is 0 Å². The zero-order valence-electron chi connectivity index (χ0n) is 12.5. The molecule has 1 amide bonds. The van der Waals surface area contributed by atoms with E-state index in [0.29, 0.717) is 19.6 Å². The van der Waals surface area contributed by atoms with Crippen molar-refractivity contribution in [3.8, 4) is 0 Å². The number of likely N-dealkylation sites (tertiary alicyclic amines) is 1. The predicted molar refractivity (Wildman–Crippen MR) is 75.8 cm³/mol. The Morgan fingerprint density at radius 2 is 2.14 bits per heavy atom. The number of aliphatic hydroxyl groups excluding tert-OH is 1. The van der Waals surface area contributed by atoms with Crippen LogP contribution >= 0.6 is 0 Å². The van der Waals surface area contributed by atoms with Gasteiger partial charge in [-0.1, -0.05) is 0 Å². The first-order valence-electron chi connectivity index (χ1n) is 7.28. The van der Waals surface area contributed by atoms with Crippen LogP contribution < -0.4 is 0 Å². The summed E-state index contributed by atoms with van der Waals surface area (Å²) in [6.07, 6.45) is 4.81. The highest BCUT2D eigenvalue weighted by atomic mass is 16.3. The van der Waals surface area contributed by atoms with Crippen molar-refractivity contribution >= 4 is 5.91 Å². The van der Waals surface area contributed by atoms with E-state index in [1.807, 2.05) is 11.6 Å². The summed E-state index contributed by atoms with van der Waals surface area (Å²) < 4.78 is 3.70. The van der Waals surface area contributed by atoms with E-state index in [1.165, 1.54) is 6.33 Å². The molecule has 2 aromatic rings. The molecule has 1 aliphatic rings. The Hall–Kier alpha value is -2.29. The summed E-state index contributed by atoms with van der Waals surface area (Å²) in [5, 5.41) is 21.5. The second kappa shape index (κ2) is 6.22. The predicted octanol–water partition coefficient (Wildman–Crippen LogP) is -0.847. The summed E-state index contributed by atoms with van der Waals surface area (Å²) >= 11 is 0. The standard InChI is InChI=1S/C13H19N7O2/c1-18-11(6-20-9-14-8-15-20)16-17-13(18)10-2-4-19(5-3-10)12(22)7-21/h8-10,21H,2-7H2,1H3. The van der Waals surface area contributed by atoms with E-state index in [9.17, 15) is 4.79 Å². The number of rotatable bonds is 4. The van der Waals surface area contributed by atoms with Gasteiger partial charge in [0, 0.05) is 26.1 Å². The molecule has 9 heteroatoms. The quantitative estimate of drug-likeness (QED) is 0.789. The molecule has 0 bridgehead atoms. The highest BCUT2D eigenvalue weighted by Crippen LogP contribution is 2.26. The summed E-state index contributed by atoms with van der Waals surface area (Å²) in [5.74, 6) is 1.84. The van der Waals surface area contributed by atoms with Gasteiger partial charge in [0.05, 0.1) is 0 Å². The lowest BCUT2D eigenvalue weighted by atomic mass is 9.96. The van der Waals surface area contributed by atoms with Crippen molar-refractivity contribution in [2.24, 2.45) is 7.05 Å². The van der Waals surface area contributed by atoms with E-state index in [4.69, 9.17) is 5.11 Å². The van der Waals surface area contributed by atoms with E-state index in [-0.39, 0.29) is 11.8 Å². The van der Waals surface area contributed by atoms with Crippen molar-refractivity contribution in [2.75, 3.05) is 19.7 Å². The summed E-state index contributed by atoms with van der Waals surface area (Å²) in [7, 11) is 1.95. The lowest BCUT2D eigenvalue weighted by molar-refractivity contribution is -0.135. The maximum absolute atomic E-state index is 11.5. The zero-order chi connectivity index (χ0) is 15.5. The molecule has 1 saturated heterocycles. The van der Waals surface area contributed by atoms with Crippen LogP contribution in [0, 0.1) is 0 Å². The minimum Gasteiger partial charge on any atom is -0.387 e. The number of aromatic nitrogens is 6. The molecule has 3 rings (SSSR count). The fraction of sp³-hybridized carbons (Fsp3) is 0.615. The number of hydrogen-bond donors (Lipinski definition) is 1. The molecule has 118 valence electrons. The van der Waals surface area contributed by atoms with Crippen LogP contribution in [-0.4, -0.2) is 65.1 Å². The van der Waals surface area contributed by atoms with Gasteiger partial charge in [-0.3, -0.25) is 4.79 Å². The minimum absolute atomic E-state index is 0.205. The summed E-state index contributed by atoms with van der Waals surface area (Å²) in [6.45, 7) is 1.41. The second-order valence-corrected chi connectivity index (χ2v) is 5.44. The molecular formula is C13H19N7O2. The van der Waals surface area contributed by atoms with Gasteiger partial charge in [-0.2, -0.15) is 5.10 Å². The maximum Gasteiger partial charge on any atom is 0.248 e. The van der Waals surface area contributed by atoms with E-state index in [1.54, 1.807) is 15.9 Å². The van der Waals surface area contributed by atoms with Crippen molar-refractivity contribution in [3.63, 3.8) is 0 Å². The van der Waals surface area contributed by atoms with Crippen molar-refractivity contribution in [1.29, 1.82) is 0 Å². The molecule has 0 atom stereocenters. The molecule has 1 aliphatic heterocycles. The van der Waals surface area contributed by atoms with Gasteiger partial charge in [-0.15, -0.1) is 10.2 Å². The number of hydrogen-bond acceptors (Lipinski definition) is 6. The number of carbonyl (C=O) groups excluding carboxylic acids is 1. The van der Waals surface area contributed by atoms with Crippen molar-refractivity contribution in [3.05, 3.63) is 24.3 Å². The van der Waals surface area contributed by atoms with Crippen LogP contribution in [0.1, 0.15) is 30.4 Å². The molecule has 9 nitrogen and oxygen atoms in total. The number of piperidine rings is 1. The Labute approximate surface area is 127 Å². The highest BCUT2D eigenvalue weighted by molar-refractivity contribution is 5.77. The van der Waals surface area contributed by atoms with Crippen LogP contribution in [0.4, 0.5) is 0 Å². The Balaban J connectivity index is 1.66. The fourth-order valence-electron chi connectivity index (χ4n) is 2.81. The Bertz CT molecular complexity index is 629. The van der Waals surface area contributed by atoms with Gasteiger partial charge in [-0.05, 0) is 12.8 Å². The van der Waals surface area contributed by atoms with Gasteiger partial charge < -0.3 is 14.6 Å². The van der Waals surface area contributed by atoms with Gasteiger partial charge in [0.15, 0.2) is 5.82 Å². The van der Waals surface area contributed by atoms with Crippen LogP contribution in [0.25, 0.3) is 0 Å². The molecule has 0 radical (unpaired) electrons. The first kappa shape index (κ1) is 14.6. The summed E-state index contributed by atoms with van der Waals surface area (Å²) in [6, 6.07) is 0. The van der Waals surface area contributed by atoms with Crippen LogP contribution in [-0.2, 0) is 18.4 Å². The molecule has 0 spiro atoms. The second-order valence-electron chi connectivity index (χ2n) is 5.44. The molecular weight excluding hydrogens is 286 g/mol. The largest absolute Gasteiger partial charge is 0.387 e. The SMILES string of the molecule is Cn1c(Cn2cncn2)nnc1C1CCN(C(=O)CO)CC1.